The summed E-state index contributed by atoms with van der Waals surface area (Å²) in [4.78, 5) is 27.6. The Hall–Kier alpha value is -1.89. The number of aromatic nitrogens is 1. The largest absolute Gasteiger partial charge is 0.417 e. The van der Waals surface area contributed by atoms with Gasteiger partial charge in [0.25, 0.3) is 0 Å². The SMILES string of the molecule is O=C(Nc1cccc2[nH]c(=O)oc12)N1CCSCC1. The van der Waals surface area contributed by atoms with E-state index in [2.05, 4.69) is 10.3 Å². The Morgan fingerprint density at radius 3 is 2.95 bits per heavy atom. The second-order valence-electron chi connectivity index (χ2n) is 4.23. The fourth-order valence-electron chi connectivity index (χ4n) is 2.03. The van der Waals surface area contributed by atoms with Gasteiger partial charge in [-0.25, -0.2) is 9.59 Å². The van der Waals surface area contributed by atoms with Crippen molar-refractivity contribution in [1.82, 2.24) is 9.88 Å². The van der Waals surface area contributed by atoms with Crippen LogP contribution >= 0.6 is 11.8 Å². The number of nitrogens with one attached hydrogen (secondary N) is 2. The summed E-state index contributed by atoms with van der Waals surface area (Å²) in [6.45, 7) is 1.48. The molecular formula is C12H13N3O3S. The van der Waals surface area contributed by atoms with Gasteiger partial charge < -0.3 is 14.6 Å². The average molecular weight is 279 g/mol. The maximum atomic E-state index is 12.1. The number of anilines is 1. The van der Waals surface area contributed by atoms with E-state index < -0.39 is 5.76 Å². The van der Waals surface area contributed by atoms with Crippen molar-refractivity contribution in [2.75, 3.05) is 29.9 Å². The number of para-hydroxylation sites is 1. The highest BCUT2D eigenvalue weighted by molar-refractivity contribution is 7.99. The minimum atomic E-state index is -0.522. The molecule has 2 N–H and O–H groups in total. The molecule has 1 aromatic carbocycles. The van der Waals surface area contributed by atoms with Crippen LogP contribution in [0, 0.1) is 0 Å². The first-order chi connectivity index (χ1) is 9.24. The molecule has 1 aromatic heterocycles. The van der Waals surface area contributed by atoms with E-state index in [-0.39, 0.29) is 6.03 Å². The Labute approximate surface area is 113 Å². The number of amides is 2. The Morgan fingerprint density at radius 2 is 2.16 bits per heavy atom. The van der Waals surface area contributed by atoms with E-state index >= 15 is 0 Å². The molecule has 0 bridgehead atoms. The number of rotatable bonds is 1. The predicted octanol–water partition coefficient (Wildman–Crippen LogP) is 1.70. The van der Waals surface area contributed by atoms with Gasteiger partial charge in [0.2, 0.25) is 0 Å². The van der Waals surface area contributed by atoms with E-state index in [1.165, 1.54) is 0 Å². The van der Waals surface area contributed by atoms with Crippen LogP contribution < -0.4 is 11.1 Å². The molecule has 0 spiro atoms. The van der Waals surface area contributed by atoms with Crippen LogP contribution in [0.4, 0.5) is 10.5 Å². The van der Waals surface area contributed by atoms with Crippen LogP contribution in [0.25, 0.3) is 11.1 Å². The third kappa shape index (κ3) is 2.46. The van der Waals surface area contributed by atoms with E-state index in [1.807, 2.05) is 11.8 Å². The smallest absolute Gasteiger partial charge is 0.406 e. The van der Waals surface area contributed by atoms with Gasteiger partial charge in [0.05, 0.1) is 11.2 Å². The number of hydrogen-bond acceptors (Lipinski definition) is 4. The monoisotopic (exact) mass is 279 g/mol. The topological polar surface area (TPSA) is 78.3 Å². The molecule has 2 aromatic rings. The summed E-state index contributed by atoms with van der Waals surface area (Å²) in [5.74, 6) is 1.39. The van der Waals surface area contributed by atoms with Crippen LogP contribution in [0.3, 0.4) is 0 Å². The third-order valence-corrected chi connectivity index (χ3v) is 3.93. The first-order valence-corrected chi connectivity index (χ1v) is 7.15. The van der Waals surface area contributed by atoms with Crippen LogP contribution in [-0.4, -0.2) is 40.5 Å². The van der Waals surface area contributed by atoms with Gasteiger partial charge in [-0.05, 0) is 12.1 Å². The van der Waals surface area contributed by atoms with Gasteiger partial charge in [-0.3, -0.25) is 4.98 Å². The van der Waals surface area contributed by atoms with Crippen LogP contribution in [0.5, 0.6) is 0 Å². The van der Waals surface area contributed by atoms with Gasteiger partial charge in [-0.1, -0.05) is 6.07 Å². The zero-order valence-electron chi connectivity index (χ0n) is 10.1. The van der Waals surface area contributed by atoms with Crippen LogP contribution in [0.1, 0.15) is 0 Å². The average Bonchev–Trinajstić information content (AvgIpc) is 2.81. The Balaban J connectivity index is 1.84. The van der Waals surface area contributed by atoms with Crippen molar-refractivity contribution in [3.05, 3.63) is 28.7 Å². The molecule has 2 amide bonds. The lowest BCUT2D eigenvalue weighted by atomic mass is 10.3. The lowest BCUT2D eigenvalue weighted by Crippen LogP contribution is -2.40. The maximum absolute atomic E-state index is 12.1. The number of fused-ring (bicyclic) bond motifs is 1. The van der Waals surface area contributed by atoms with Crippen LogP contribution in [-0.2, 0) is 0 Å². The Morgan fingerprint density at radius 1 is 1.37 bits per heavy atom. The fourth-order valence-corrected chi connectivity index (χ4v) is 2.94. The lowest BCUT2D eigenvalue weighted by molar-refractivity contribution is 0.217. The number of carbonyl (C=O) groups excluding carboxylic acids is 1. The zero-order chi connectivity index (χ0) is 13.2. The van der Waals surface area contributed by atoms with Crippen molar-refractivity contribution in [1.29, 1.82) is 0 Å². The molecule has 1 aliphatic rings. The molecule has 0 unspecified atom stereocenters. The predicted molar refractivity (Wildman–Crippen MR) is 74.8 cm³/mol. The van der Waals surface area contributed by atoms with Crippen LogP contribution in [0.2, 0.25) is 0 Å². The van der Waals surface area contributed by atoms with Gasteiger partial charge in [-0.2, -0.15) is 11.8 Å². The summed E-state index contributed by atoms with van der Waals surface area (Å²) in [6, 6.07) is 5.05. The summed E-state index contributed by atoms with van der Waals surface area (Å²) in [7, 11) is 0. The van der Waals surface area contributed by atoms with Crippen molar-refractivity contribution < 1.29 is 9.21 Å². The van der Waals surface area contributed by atoms with Crippen molar-refractivity contribution in [2.24, 2.45) is 0 Å². The van der Waals surface area contributed by atoms with Crippen molar-refractivity contribution in [3.63, 3.8) is 0 Å². The number of nitrogens with zero attached hydrogens (tertiary/aromatic N) is 1. The normalized spacial score (nSPS) is 15.7. The Bertz CT molecular complexity index is 658. The van der Waals surface area contributed by atoms with E-state index in [9.17, 15) is 9.59 Å². The second-order valence-corrected chi connectivity index (χ2v) is 5.45. The van der Waals surface area contributed by atoms with Gasteiger partial charge in [-0.15, -0.1) is 0 Å². The molecule has 2 heterocycles. The number of hydrogen-bond donors (Lipinski definition) is 2. The summed E-state index contributed by atoms with van der Waals surface area (Å²) in [6.07, 6.45) is 0. The van der Waals surface area contributed by atoms with Gasteiger partial charge in [0.1, 0.15) is 0 Å². The number of carbonyl (C=O) groups is 1. The van der Waals surface area contributed by atoms with E-state index in [4.69, 9.17) is 4.42 Å². The number of benzene rings is 1. The zero-order valence-corrected chi connectivity index (χ0v) is 11.0. The van der Waals surface area contributed by atoms with Crippen molar-refractivity contribution in [2.45, 2.75) is 0 Å². The number of oxazole rings is 1. The number of H-pyrrole nitrogens is 1. The second kappa shape index (κ2) is 5.00. The highest BCUT2D eigenvalue weighted by Gasteiger charge is 2.18. The molecule has 0 saturated carbocycles. The molecule has 1 fully saturated rings. The van der Waals surface area contributed by atoms with E-state index in [1.54, 1.807) is 23.1 Å². The molecule has 0 aliphatic carbocycles. The lowest BCUT2D eigenvalue weighted by Gasteiger charge is -2.26. The van der Waals surface area contributed by atoms with E-state index in [0.29, 0.717) is 16.8 Å². The molecule has 1 aliphatic heterocycles. The standard InChI is InChI=1S/C12H13N3O3S/c16-11(15-4-6-19-7-5-15)13-8-2-1-3-9-10(8)18-12(17)14-9/h1-3H,4-7H2,(H,13,16)(H,14,17). The summed E-state index contributed by atoms with van der Waals surface area (Å²) in [5, 5.41) is 2.79. The minimum absolute atomic E-state index is 0.156. The van der Waals surface area contributed by atoms with Gasteiger partial charge in [0, 0.05) is 24.6 Å². The third-order valence-electron chi connectivity index (χ3n) is 2.99. The Kier molecular flexibility index (Phi) is 3.20. The first kappa shape index (κ1) is 12.2. The van der Waals surface area contributed by atoms with Gasteiger partial charge >= 0.3 is 11.8 Å². The van der Waals surface area contributed by atoms with Crippen molar-refractivity contribution >= 4 is 34.6 Å². The summed E-state index contributed by atoms with van der Waals surface area (Å²) in [5.41, 5.74) is 1.48. The molecule has 3 rings (SSSR count). The molecule has 0 radical (unpaired) electrons. The number of thioether (sulfide) groups is 1. The summed E-state index contributed by atoms with van der Waals surface area (Å²) >= 11 is 1.84. The molecular weight excluding hydrogens is 266 g/mol. The molecule has 7 heteroatoms. The molecule has 100 valence electrons. The molecule has 1 saturated heterocycles. The molecule has 0 atom stereocenters. The summed E-state index contributed by atoms with van der Waals surface area (Å²) < 4.78 is 5.04. The fraction of sp³-hybridized carbons (Fsp3) is 0.333. The number of urea groups is 1. The van der Waals surface area contributed by atoms with E-state index in [0.717, 1.165) is 24.6 Å². The molecule has 6 nitrogen and oxygen atoms in total. The number of aromatic amines is 1. The first-order valence-electron chi connectivity index (χ1n) is 5.99. The highest BCUT2D eigenvalue weighted by Crippen LogP contribution is 2.21. The van der Waals surface area contributed by atoms with Crippen LogP contribution in [0.15, 0.2) is 27.4 Å². The quantitative estimate of drug-likeness (QED) is 0.833. The minimum Gasteiger partial charge on any atom is -0.406 e. The highest BCUT2D eigenvalue weighted by atomic mass is 32.2. The molecule has 19 heavy (non-hydrogen) atoms. The van der Waals surface area contributed by atoms with Gasteiger partial charge in [0.15, 0.2) is 5.58 Å². The van der Waals surface area contributed by atoms with Crippen molar-refractivity contribution in [3.8, 4) is 0 Å². The maximum Gasteiger partial charge on any atom is 0.417 e.